The van der Waals surface area contributed by atoms with Crippen molar-refractivity contribution in [1.82, 2.24) is 0 Å². The van der Waals surface area contributed by atoms with Gasteiger partial charge in [0.1, 0.15) is 11.5 Å². The van der Waals surface area contributed by atoms with E-state index in [0.29, 0.717) is 18.6 Å². The summed E-state index contributed by atoms with van der Waals surface area (Å²) in [6.07, 6.45) is 3.11. The van der Waals surface area contributed by atoms with Gasteiger partial charge in [-0.1, -0.05) is 30.3 Å². The predicted molar refractivity (Wildman–Crippen MR) is 86.7 cm³/mol. The number of hydrogen-bond acceptors (Lipinski definition) is 4. The van der Waals surface area contributed by atoms with Crippen molar-refractivity contribution >= 4 is 15.8 Å². The second-order valence-corrected chi connectivity index (χ2v) is 7.66. The third-order valence-electron chi connectivity index (χ3n) is 3.61. The first-order valence-corrected chi connectivity index (χ1v) is 9.28. The molecule has 0 amide bonds. The minimum absolute atomic E-state index is 0.261. The molecule has 124 valence electrons. The summed E-state index contributed by atoms with van der Waals surface area (Å²) in [5.74, 6) is -2.25. The lowest BCUT2D eigenvalue weighted by Gasteiger charge is -2.12. The molecule has 0 radical (unpaired) electrons. The molecule has 0 aliphatic rings. The number of furan rings is 1. The number of rotatable bonds is 9. The molecule has 6 heteroatoms. The van der Waals surface area contributed by atoms with E-state index in [9.17, 15) is 18.3 Å². The topological polar surface area (TPSA) is 84.6 Å². The van der Waals surface area contributed by atoms with E-state index < -0.39 is 21.7 Å². The van der Waals surface area contributed by atoms with Crippen molar-refractivity contribution in [2.24, 2.45) is 5.92 Å². The van der Waals surface area contributed by atoms with E-state index in [2.05, 4.69) is 0 Å². The number of hydrogen-bond donors (Lipinski definition) is 1. The van der Waals surface area contributed by atoms with Crippen molar-refractivity contribution in [3.8, 4) is 0 Å². The molecular formula is C17H20O5S. The van der Waals surface area contributed by atoms with Gasteiger partial charge in [0.15, 0.2) is 9.84 Å². The van der Waals surface area contributed by atoms with Crippen LogP contribution >= 0.6 is 0 Å². The maximum Gasteiger partial charge on any atom is 0.307 e. The Morgan fingerprint density at radius 3 is 2.48 bits per heavy atom. The summed E-state index contributed by atoms with van der Waals surface area (Å²) in [6.45, 7) is 0. The van der Waals surface area contributed by atoms with Crippen molar-refractivity contribution in [3.05, 3.63) is 60.1 Å². The third kappa shape index (κ3) is 5.90. The molecule has 1 atom stereocenters. The van der Waals surface area contributed by atoms with Gasteiger partial charge in [-0.25, -0.2) is 8.42 Å². The summed E-state index contributed by atoms with van der Waals surface area (Å²) in [7, 11) is -3.52. The standard InChI is InChI=1S/C17H20O5S/c18-17(19)15(9-4-8-14-6-2-1-3-7-14)12-23(20,21)13-16-10-5-11-22-16/h1-3,5-7,10-11,15H,4,8-9,12-13H2,(H,18,19). The largest absolute Gasteiger partial charge is 0.481 e. The Kier molecular flexibility index (Phi) is 5.98. The van der Waals surface area contributed by atoms with Crippen molar-refractivity contribution < 1.29 is 22.7 Å². The number of aliphatic carboxylic acids is 1. The average Bonchev–Trinajstić information content (AvgIpc) is 2.99. The Labute approximate surface area is 135 Å². The van der Waals surface area contributed by atoms with Crippen LogP contribution in [0.25, 0.3) is 0 Å². The number of aryl methyl sites for hydroxylation is 1. The second-order valence-electron chi connectivity index (χ2n) is 5.55. The van der Waals surface area contributed by atoms with Gasteiger partial charge in [-0.3, -0.25) is 4.79 Å². The Morgan fingerprint density at radius 1 is 1.13 bits per heavy atom. The first kappa shape index (κ1) is 17.3. The molecule has 0 fully saturated rings. The van der Waals surface area contributed by atoms with Gasteiger partial charge in [0.25, 0.3) is 0 Å². The molecule has 0 aliphatic carbocycles. The minimum atomic E-state index is -3.52. The monoisotopic (exact) mass is 336 g/mol. The van der Waals surface area contributed by atoms with Crippen LogP contribution in [-0.2, 0) is 26.8 Å². The van der Waals surface area contributed by atoms with Crippen LogP contribution in [0.3, 0.4) is 0 Å². The summed E-state index contributed by atoms with van der Waals surface area (Å²) in [4.78, 5) is 11.3. The quantitative estimate of drug-likeness (QED) is 0.761. The van der Waals surface area contributed by atoms with Crippen molar-refractivity contribution in [2.75, 3.05) is 5.75 Å². The highest BCUT2D eigenvalue weighted by molar-refractivity contribution is 7.90. The number of sulfone groups is 1. The van der Waals surface area contributed by atoms with Gasteiger partial charge < -0.3 is 9.52 Å². The molecule has 0 aliphatic heterocycles. The molecule has 0 saturated carbocycles. The van der Waals surface area contributed by atoms with Crippen LogP contribution < -0.4 is 0 Å². The molecule has 2 rings (SSSR count). The molecule has 0 saturated heterocycles. The van der Waals surface area contributed by atoms with E-state index in [1.807, 2.05) is 30.3 Å². The lowest BCUT2D eigenvalue weighted by molar-refractivity contribution is -0.141. The van der Waals surface area contributed by atoms with Crippen LogP contribution in [0.4, 0.5) is 0 Å². The van der Waals surface area contributed by atoms with Crippen LogP contribution in [0.5, 0.6) is 0 Å². The molecule has 1 heterocycles. The highest BCUT2D eigenvalue weighted by Gasteiger charge is 2.25. The van der Waals surface area contributed by atoms with Crippen LogP contribution in [0.15, 0.2) is 53.1 Å². The van der Waals surface area contributed by atoms with E-state index in [1.54, 1.807) is 12.1 Å². The van der Waals surface area contributed by atoms with Crippen LogP contribution in [0.2, 0.25) is 0 Å². The predicted octanol–water partition coefficient (Wildman–Crippen LogP) is 2.92. The Balaban J connectivity index is 1.89. The number of carboxylic acids is 1. The molecule has 2 aromatic rings. The molecule has 23 heavy (non-hydrogen) atoms. The highest BCUT2D eigenvalue weighted by Crippen LogP contribution is 2.16. The molecule has 1 aromatic carbocycles. The van der Waals surface area contributed by atoms with Gasteiger partial charge in [0, 0.05) is 0 Å². The fourth-order valence-electron chi connectivity index (χ4n) is 2.45. The maximum atomic E-state index is 12.1. The molecule has 1 N–H and O–H groups in total. The molecule has 0 bridgehead atoms. The molecular weight excluding hydrogens is 316 g/mol. The number of carbonyl (C=O) groups is 1. The molecule has 1 aromatic heterocycles. The van der Waals surface area contributed by atoms with Crippen LogP contribution in [0.1, 0.15) is 24.2 Å². The summed E-state index contributed by atoms with van der Waals surface area (Å²) in [6, 6.07) is 12.9. The van der Waals surface area contributed by atoms with Gasteiger partial charge in [-0.15, -0.1) is 0 Å². The molecule has 5 nitrogen and oxygen atoms in total. The Hall–Kier alpha value is -2.08. The summed E-state index contributed by atoms with van der Waals surface area (Å²) in [5, 5.41) is 9.27. The van der Waals surface area contributed by atoms with E-state index in [4.69, 9.17) is 4.42 Å². The fourth-order valence-corrected chi connectivity index (χ4v) is 4.09. The number of benzene rings is 1. The Morgan fingerprint density at radius 2 is 1.87 bits per heavy atom. The zero-order valence-electron chi connectivity index (χ0n) is 12.7. The zero-order chi connectivity index (χ0) is 16.7. The van der Waals surface area contributed by atoms with Crippen molar-refractivity contribution in [2.45, 2.75) is 25.0 Å². The smallest absolute Gasteiger partial charge is 0.307 e. The SMILES string of the molecule is O=C(O)C(CCCc1ccccc1)CS(=O)(=O)Cc1ccco1. The van der Waals surface area contributed by atoms with Gasteiger partial charge in [-0.05, 0) is 37.0 Å². The van der Waals surface area contributed by atoms with Gasteiger partial charge in [-0.2, -0.15) is 0 Å². The van der Waals surface area contributed by atoms with Crippen LogP contribution in [-0.4, -0.2) is 25.2 Å². The Bertz CT molecular complexity index is 705. The summed E-state index contributed by atoms with van der Waals surface area (Å²) in [5.41, 5.74) is 1.12. The lowest BCUT2D eigenvalue weighted by Crippen LogP contribution is -2.24. The van der Waals surface area contributed by atoms with Crippen molar-refractivity contribution in [1.29, 1.82) is 0 Å². The average molecular weight is 336 g/mol. The van der Waals surface area contributed by atoms with Gasteiger partial charge >= 0.3 is 5.97 Å². The maximum absolute atomic E-state index is 12.1. The van der Waals surface area contributed by atoms with E-state index >= 15 is 0 Å². The first-order valence-electron chi connectivity index (χ1n) is 7.46. The van der Waals surface area contributed by atoms with Gasteiger partial charge in [0.05, 0.1) is 17.9 Å². The van der Waals surface area contributed by atoms with Crippen LogP contribution in [0, 0.1) is 5.92 Å². The fraction of sp³-hybridized carbons (Fsp3) is 0.353. The minimum Gasteiger partial charge on any atom is -0.481 e. The van der Waals surface area contributed by atoms with E-state index in [0.717, 1.165) is 12.0 Å². The van der Waals surface area contributed by atoms with Crippen molar-refractivity contribution in [3.63, 3.8) is 0 Å². The second kappa shape index (κ2) is 7.97. The van der Waals surface area contributed by atoms with E-state index in [-0.39, 0.29) is 11.5 Å². The first-order chi connectivity index (χ1) is 11.0. The number of carboxylic acid groups (broad SMARTS) is 1. The third-order valence-corrected chi connectivity index (χ3v) is 5.24. The zero-order valence-corrected chi connectivity index (χ0v) is 13.5. The summed E-state index contributed by atoms with van der Waals surface area (Å²) >= 11 is 0. The van der Waals surface area contributed by atoms with E-state index in [1.165, 1.54) is 6.26 Å². The van der Waals surface area contributed by atoms with Gasteiger partial charge in [0.2, 0.25) is 0 Å². The normalized spacial score (nSPS) is 12.9. The lowest BCUT2D eigenvalue weighted by atomic mass is 10.0. The molecule has 0 spiro atoms. The summed E-state index contributed by atoms with van der Waals surface area (Å²) < 4.78 is 29.3. The molecule has 1 unspecified atom stereocenters. The highest BCUT2D eigenvalue weighted by atomic mass is 32.2.